The molecule has 0 radical (unpaired) electrons. The number of aromatic hydroxyl groups is 1. The summed E-state index contributed by atoms with van der Waals surface area (Å²) in [6.45, 7) is 8.94. The molecule has 1 aliphatic rings. The number of ether oxygens (including phenoxy) is 2. The number of likely N-dealkylation sites (N-methyl/N-ethyl adjacent to an activating group) is 1. The molecule has 0 bridgehead atoms. The number of phenolic OH excluding ortho intramolecular Hbond substituents is 1. The number of aromatic amines is 1. The van der Waals surface area contributed by atoms with Gasteiger partial charge in [0.1, 0.15) is 29.1 Å². The number of cyclic esters (lactones) is 1. The number of nitrogens with zero attached hydrogens (tertiary/aromatic N) is 1. The first kappa shape index (κ1) is 36.5. The van der Waals surface area contributed by atoms with Crippen LogP contribution in [0.2, 0.25) is 5.15 Å². The van der Waals surface area contributed by atoms with Gasteiger partial charge in [0.05, 0.1) is 6.04 Å². The smallest absolute Gasteiger partial charge is 0.338 e. The fourth-order valence-electron chi connectivity index (χ4n) is 6.06. The Labute approximate surface area is 286 Å². The Morgan fingerprint density at radius 2 is 1.65 bits per heavy atom. The van der Waals surface area contributed by atoms with E-state index in [0.29, 0.717) is 22.7 Å². The van der Waals surface area contributed by atoms with Crippen LogP contribution < -0.4 is 10.6 Å². The number of hydrogen-bond donors (Lipinski definition) is 4. The van der Waals surface area contributed by atoms with E-state index in [1.165, 1.54) is 31.2 Å². The van der Waals surface area contributed by atoms with Gasteiger partial charge in [0.25, 0.3) is 0 Å². The normalized spacial score (nSPS) is 28.1. The van der Waals surface area contributed by atoms with Crippen LogP contribution in [-0.2, 0) is 35.1 Å². The van der Waals surface area contributed by atoms with Gasteiger partial charge in [-0.3, -0.25) is 14.4 Å². The van der Waals surface area contributed by atoms with Gasteiger partial charge in [0.15, 0.2) is 6.10 Å². The molecule has 7 atom stereocenters. The van der Waals surface area contributed by atoms with Gasteiger partial charge in [-0.25, -0.2) is 4.79 Å². The molecular formula is C36H45ClN4O7. The van der Waals surface area contributed by atoms with E-state index in [-0.39, 0.29) is 24.0 Å². The molecule has 4 rings (SSSR count). The van der Waals surface area contributed by atoms with Gasteiger partial charge >= 0.3 is 5.97 Å². The third kappa shape index (κ3) is 8.38. The highest BCUT2D eigenvalue weighted by Gasteiger charge is 2.38. The van der Waals surface area contributed by atoms with E-state index in [4.69, 9.17) is 21.1 Å². The Bertz CT molecular complexity index is 1670. The van der Waals surface area contributed by atoms with Crippen molar-refractivity contribution in [3.8, 4) is 5.75 Å². The lowest BCUT2D eigenvalue weighted by molar-refractivity contribution is -0.164. The lowest BCUT2D eigenvalue weighted by Crippen LogP contribution is -2.56. The lowest BCUT2D eigenvalue weighted by Gasteiger charge is -2.33. The zero-order valence-corrected chi connectivity index (χ0v) is 29.1. The molecule has 3 aromatic rings. The number of nitrogens with one attached hydrogen (secondary N) is 3. The average Bonchev–Trinajstić information content (AvgIpc) is 3.36. The predicted molar refractivity (Wildman–Crippen MR) is 183 cm³/mol. The van der Waals surface area contributed by atoms with Crippen LogP contribution in [0.5, 0.6) is 5.75 Å². The SMILES string of the molecule is CO[C@@H]1C(=O)O[C@H](C)[C@@H](C)/C=C(/C)C[C@H](C)C(=O)N[C@@H](C)C(=O)N(C)[C@H](Cc2c(Cl)[nH]c3ccccc23)C(=O)N[C@@H]1c1ccc(O)cc1. The molecule has 2 aromatic carbocycles. The Morgan fingerprint density at radius 1 is 0.979 bits per heavy atom. The highest BCUT2D eigenvalue weighted by Crippen LogP contribution is 2.30. The quantitative estimate of drug-likeness (QED) is 0.228. The second-order valence-corrected chi connectivity index (χ2v) is 13.1. The van der Waals surface area contributed by atoms with E-state index >= 15 is 0 Å². The molecule has 0 aliphatic carbocycles. The molecule has 12 heteroatoms. The summed E-state index contributed by atoms with van der Waals surface area (Å²) in [5, 5.41) is 16.8. The Balaban J connectivity index is 1.82. The molecule has 0 fully saturated rings. The van der Waals surface area contributed by atoms with Crippen LogP contribution in [-0.4, -0.2) is 77.1 Å². The van der Waals surface area contributed by atoms with Crippen molar-refractivity contribution in [2.45, 2.75) is 77.8 Å². The van der Waals surface area contributed by atoms with Crippen molar-refractivity contribution in [1.29, 1.82) is 0 Å². The van der Waals surface area contributed by atoms with Crippen molar-refractivity contribution < 1.29 is 33.8 Å². The number of aromatic nitrogens is 1. The number of phenols is 1. The third-order valence-electron chi connectivity index (χ3n) is 9.01. The lowest BCUT2D eigenvalue weighted by atomic mass is 9.95. The zero-order valence-electron chi connectivity index (χ0n) is 28.4. The van der Waals surface area contributed by atoms with Crippen LogP contribution in [0.25, 0.3) is 10.9 Å². The molecule has 0 saturated heterocycles. The Hall–Kier alpha value is -4.35. The molecule has 2 heterocycles. The first-order valence-electron chi connectivity index (χ1n) is 16.0. The van der Waals surface area contributed by atoms with Crippen molar-refractivity contribution in [2.24, 2.45) is 11.8 Å². The van der Waals surface area contributed by atoms with Crippen molar-refractivity contribution in [3.63, 3.8) is 0 Å². The number of allylic oxidation sites excluding steroid dienone is 1. The number of benzene rings is 2. The molecular weight excluding hydrogens is 636 g/mol. The van der Waals surface area contributed by atoms with Gasteiger partial charge in [-0.05, 0) is 56.5 Å². The van der Waals surface area contributed by atoms with Gasteiger partial charge in [-0.1, -0.05) is 67.4 Å². The van der Waals surface area contributed by atoms with Gasteiger partial charge < -0.3 is 35.1 Å². The number of amides is 3. The van der Waals surface area contributed by atoms with E-state index in [9.17, 15) is 24.3 Å². The fourth-order valence-corrected chi connectivity index (χ4v) is 6.34. The predicted octanol–water partition coefficient (Wildman–Crippen LogP) is 4.83. The summed E-state index contributed by atoms with van der Waals surface area (Å²) in [6, 6.07) is 10.3. The van der Waals surface area contributed by atoms with E-state index < -0.39 is 54.0 Å². The number of methoxy groups -OCH3 is 1. The molecule has 0 spiro atoms. The van der Waals surface area contributed by atoms with Crippen molar-refractivity contribution >= 4 is 46.2 Å². The number of halogens is 1. The maximum Gasteiger partial charge on any atom is 0.338 e. The molecule has 3 amide bonds. The maximum absolute atomic E-state index is 14.4. The maximum atomic E-state index is 14.4. The van der Waals surface area contributed by atoms with E-state index in [0.717, 1.165) is 16.5 Å². The molecule has 11 nitrogen and oxygen atoms in total. The first-order valence-corrected chi connectivity index (χ1v) is 16.4. The van der Waals surface area contributed by atoms with E-state index in [2.05, 4.69) is 15.6 Å². The van der Waals surface area contributed by atoms with Crippen molar-refractivity contribution in [2.75, 3.05) is 14.2 Å². The minimum atomic E-state index is -1.28. The van der Waals surface area contributed by atoms with Crippen LogP contribution in [0, 0.1) is 11.8 Å². The van der Waals surface area contributed by atoms with Crippen LogP contribution in [0.3, 0.4) is 0 Å². The summed E-state index contributed by atoms with van der Waals surface area (Å²) in [6.07, 6.45) is 0.547. The standard InChI is InChI=1S/C36H45ClN4O7/c1-19-16-20(2)23(5)48-36(46)31(47-7)30(24-12-14-25(42)15-13-24)40-34(44)29(18-27-26-10-8-9-11-28(26)39-32(27)37)41(6)35(45)22(4)38-33(43)21(3)17-19/h8-16,20-23,29-31,39,42H,17-18H2,1-7H3,(H,38,43)(H,40,44)/b19-16-/t20-,21-,22-,23+,29+,30+,31-/m0/s1. The van der Waals surface area contributed by atoms with Crippen LogP contribution in [0.4, 0.5) is 0 Å². The zero-order chi connectivity index (χ0) is 35.3. The number of rotatable bonds is 4. The molecule has 4 N–H and O–H groups in total. The number of para-hydroxylation sites is 1. The number of H-pyrrole nitrogens is 1. The summed E-state index contributed by atoms with van der Waals surface area (Å²) in [5.74, 6) is -2.76. The van der Waals surface area contributed by atoms with Crippen LogP contribution in [0.15, 0.2) is 60.2 Å². The summed E-state index contributed by atoms with van der Waals surface area (Å²) in [5.41, 5.74) is 2.77. The molecule has 1 aromatic heterocycles. The van der Waals surface area contributed by atoms with Crippen LogP contribution >= 0.6 is 11.6 Å². The molecule has 48 heavy (non-hydrogen) atoms. The van der Waals surface area contributed by atoms with Gasteiger partial charge in [0.2, 0.25) is 17.7 Å². The minimum absolute atomic E-state index is 0.00560. The second kappa shape index (κ2) is 15.7. The van der Waals surface area contributed by atoms with E-state index in [1.54, 1.807) is 32.9 Å². The summed E-state index contributed by atoms with van der Waals surface area (Å²) in [4.78, 5) is 59.6. The van der Waals surface area contributed by atoms with Crippen molar-refractivity contribution in [3.05, 3.63) is 76.5 Å². The van der Waals surface area contributed by atoms with Crippen molar-refractivity contribution in [1.82, 2.24) is 20.5 Å². The van der Waals surface area contributed by atoms with Crippen LogP contribution in [0.1, 0.15) is 58.2 Å². The molecule has 0 unspecified atom stereocenters. The number of carbonyl (C=O) groups is 4. The minimum Gasteiger partial charge on any atom is -0.508 e. The Kier molecular flexibility index (Phi) is 11.9. The molecule has 0 saturated carbocycles. The van der Waals surface area contributed by atoms with Gasteiger partial charge in [-0.15, -0.1) is 0 Å². The Morgan fingerprint density at radius 3 is 2.31 bits per heavy atom. The largest absolute Gasteiger partial charge is 0.508 e. The number of fused-ring (bicyclic) bond motifs is 1. The summed E-state index contributed by atoms with van der Waals surface area (Å²) in [7, 11) is 2.84. The number of esters is 1. The highest BCUT2D eigenvalue weighted by atomic mass is 35.5. The van der Waals surface area contributed by atoms with E-state index in [1.807, 2.05) is 44.2 Å². The summed E-state index contributed by atoms with van der Waals surface area (Å²) < 4.78 is 11.6. The number of carbonyl (C=O) groups excluding carboxylic acids is 4. The van der Waals surface area contributed by atoms with Gasteiger partial charge in [-0.2, -0.15) is 0 Å². The molecule has 258 valence electrons. The topological polar surface area (TPSA) is 150 Å². The highest BCUT2D eigenvalue weighted by molar-refractivity contribution is 6.31. The fraction of sp³-hybridized carbons (Fsp3) is 0.444. The van der Waals surface area contributed by atoms with Gasteiger partial charge in [0, 0.05) is 43.3 Å². The first-order chi connectivity index (χ1) is 22.7. The second-order valence-electron chi connectivity index (χ2n) is 12.7. The summed E-state index contributed by atoms with van der Waals surface area (Å²) >= 11 is 6.65. The third-order valence-corrected chi connectivity index (χ3v) is 9.33. The molecule has 1 aliphatic heterocycles. The monoisotopic (exact) mass is 680 g/mol. The number of hydrogen-bond acceptors (Lipinski definition) is 7. The average molecular weight is 681 g/mol.